The Kier molecular flexibility index (Phi) is 5.93. The fourth-order valence-corrected chi connectivity index (χ4v) is 2.49. The van der Waals surface area contributed by atoms with Gasteiger partial charge in [-0.1, -0.05) is 24.3 Å². The van der Waals surface area contributed by atoms with Crippen molar-refractivity contribution in [2.75, 3.05) is 7.11 Å². The van der Waals surface area contributed by atoms with Crippen molar-refractivity contribution >= 4 is 5.91 Å². The minimum absolute atomic E-state index is 0.192. The molecule has 0 spiro atoms. The number of aliphatic hydroxyl groups is 1. The Hall–Kier alpha value is -2.40. The van der Waals surface area contributed by atoms with Crippen LogP contribution >= 0.6 is 0 Å². The van der Waals surface area contributed by atoms with Gasteiger partial charge in [0, 0.05) is 0 Å². The van der Waals surface area contributed by atoms with E-state index in [2.05, 4.69) is 5.32 Å². The molecule has 0 aliphatic heterocycles. The summed E-state index contributed by atoms with van der Waals surface area (Å²) in [6.07, 6.45) is -0.709. The molecule has 1 amide bonds. The quantitative estimate of drug-likeness (QED) is 0.856. The van der Waals surface area contributed by atoms with E-state index < -0.39 is 12.1 Å². The summed E-state index contributed by atoms with van der Waals surface area (Å²) in [6, 6.07) is 10.7. The fraction of sp³-hybridized carbons (Fsp3) is 0.316. The monoisotopic (exact) mass is 331 g/mol. The van der Waals surface area contributed by atoms with Crippen molar-refractivity contribution in [3.05, 3.63) is 65.0 Å². The van der Waals surface area contributed by atoms with Gasteiger partial charge in [0.25, 0.3) is 0 Å². The number of hydrogen-bond donors (Lipinski definition) is 2. The lowest BCUT2D eigenvalue weighted by Crippen LogP contribution is -2.37. The molecule has 0 bridgehead atoms. The van der Waals surface area contributed by atoms with Crippen LogP contribution in [0.1, 0.15) is 29.7 Å². The van der Waals surface area contributed by atoms with Gasteiger partial charge in [-0.25, -0.2) is 4.39 Å². The number of aryl methyl sites for hydroxylation is 1. The van der Waals surface area contributed by atoms with Crippen LogP contribution in [-0.4, -0.2) is 24.2 Å². The van der Waals surface area contributed by atoms with Gasteiger partial charge >= 0.3 is 0 Å². The summed E-state index contributed by atoms with van der Waals surface area (Å²) in [6.45, 7) is 3.64. The molecule has 0 aromatic heterocycles. The predicted octanol–water partition coefficient (Wildman–Crippen LogP) is 2.92. The third-order valence-electron chi connectivity index (χ3n) is 3.91. The normalized spacial score (nSPS) is 13.2. The lowest BCUT2D eigenvalue weighted by atomic mass is 10.0. The molecule has 0 aliphatic rings. The number of nitrogens with one attached hydrogen (secondary N) is 1. The van der Waals surface area contributed by atoms with Crippen molar-refractivity contribution in [3.63, 3.8) is 0 Å². The van der Waals surface area contributed by atoms with Gasteiger partial charge in [0.05, 0.1) is 25.7 Å². The first kappa shape index (κ1) is 17.9. The van der Waals surface area contributed by atoms with Crippen molar-refractivity contribution in [2.45, 2.75) is 32.4 Å². The van der Waals surface area contributed by atoms with Gasteiger partial charge in [0.2, 0.25) is 5.91 Å². The van der Waals surface area contributed by atoms with E-state index in [4.69, 9.17) is 4.74 Å². The third-order valence-corrected chi connectivity index (χ3v) is 3.91. The maximum absolute atomic E-state index is 12.9. The Morgan fingerprint density at radius 2 is 1.92 bits per heavy atom. The summed E-state index contributed by atoms with van der Waals surface area (Å²) >= 11 is 0. The van der Waals surface area contributed by atoms with Crippen molar-refractivity contribution in [2.24, 2.45) is 0 Å². The van der Waals surface area contributed by atoms with E-state index in [1.54, 1.807) is 14.0 Å². The minimum atomic E-state index is -0.901. The molecule has 0 aliphatic carbocycles. The van der Waals surface area contributed by atoms with Gasteiger partial charge in [-0.05, 0) is 48.7 Å². The van der Waals surface area contributed by atoms with E-state index >= 15 is 0 Å². The number of halogens is 1. The number of hydrogen-bond acceptors (Lipinski definition) is 3. The maximum Gasteiger partial charge on any atom is 0.224 e. The Bertz CT molecular complexity index is 700. The highest BCUT2D eigenvalue weighted by Gasteiger charge is 2.18. The molecule has 0 saturated carbocycles. The predicted molar refractivity (Wildman–Crippen MR) is 90.4 cm³/mol. The van der Waals surface area contributed by atoms with Crippen LogP contribution in [0.15, 0.2) is 42.5 Å². The lowest BCUT2D eigenvalue weighted by Gasteiger charge is -2.21. The average molecular weight is 331 g/mol. The highest BCUT2D eigenvalue weighted by atomic mass is 19.1. The summed E-state index contributed by atoms with van der Waals surface area (Å²) in [5, 5.41) is 13.0. The average Bonchev–Trinajstić information content (AvgIpc) is 2.56. The fourth-order valence-electron chi connectivity index (χ4n) is 2.49. The van der Waals surface area contributed by atoms with Crippen LogP contribution < -0.4 is 10.1 Å². The third kappa shape index (κ3) is 4.55. The largest absolute Gasteiger partial charge is 0.496 e. The highest BCUT2D eigenvalue weighted by Crippen LogP contribution is 2.20. The first-order valence-corrected chi connectivity index (χ1v) is 7.77. The van der Waals surface area contributed by atoms with E-state index in [1.165, 1.54) is 24.3 Å². The van der Waals surface area contributed by atoms with Gasteiger partial charge in [-0.15, -0.1) is 0 Å². The van der Waals surface area contributed by atoms with Crippen LogP contribution in [-0.2, 0) is 11.2 Å². The second-order valence-corrected chi connectivity index (χ2v) is 5.83. The molecular formula is C19H22FNO3. The molecule has 2 rings (SSSR count). The van der Waals surface area contributed by atoms with Crippen molar-refractivity contribution in [1.29, 1.82) is 0 Å². The number of amides is 1. The molecule has 2 atom stereocenters. The molecule has 2 aromatic carbocycles. The maximum atomic E-state index is 12.9. The van der Waals surface area contributed by atoms with E-state index in [1.807, 2.05) is 25.1 Å². The van der Waals surface area contributed by atoms with Crippen LogP contribution in [0.3, 0.4) is 0 Å². The molecule has 0 fully saturated rings. The molecule has 0 saturated heterocycles. The van der Waals surface area contributed by atoms with Crippen LogP contribution in [0.4, 0.5) is 4.39 Å². The van der Waals surface area contributed by atoms with Gasteiger partial charge in [-0.3, -0.25) is 4.79 Å². The van der Waals surface area contributed by atoms with Crippen molar-refractivity contribution in [1.82, 2.24) is 5.32 Å². The van der Waals surface area contributed by atoms with Gasteiger partial charge < -0.3 is 15.2 Å². The molecule has 128 valence electrons. The molecule has 2 N–H and O–H groups in total. The van der Waals surface area contributed by atoms with Crippen LogP contribution in [0.25, 0.3) is 0 Å². The smallest absolute Gasteiger partial charge is 0.224 e. The Morgan fingerprint density at radius 1 is 1.25 bits per heavy atom. The van der Waals surface area contributed by atoms with Crippen LogP contribution in [0, 0.1) is 12.7 Å². The van der Waals surface area contributed by atoms with E-state index in [9.17, 15) is 14.3 Å². The number of carbonyl (C=O) groups excluding carboxylic acids is 1. The van der Waals surface area contributed by atoms with Gasteiger partial charge in [-0.2, -0.15) is 0 Å². The van der Waals surface area contributed by atoms with Gasteiger partial charge in [0.15, 0.2) is 0 Å². The summed E-state index contributed by atoms with van der Waals surface area (Å²) in [7, 11) is 1.59. The summed E-state index contributed by atoms with van der Waals surface area (Å²) in [4.78, 5) is 12.2. The van der Waals surface area contributed by atoms with Crippen LogP contribution in [0.5, 0.6) is 5.75 Å². The van der Waals surface area contributed by atoms with Crippen LogP contribution in [0.2, 0.25) is 0 Å². The molecule has 4 nitrogen and oxygen atoms in total. The molecule has 2 aromatic rings. The number of methoxy groups -OCH3 is 1. The zero-order valence-corrected chi connectivity index (χ0v) is 14.0. The summed E-state index contributed by atoms with van der Waals surface area (Å²) < 4.78 is 18.2. The molecular weight excluding hydrogens is 309 g/mol. The number of carbonyl (C=O) groups is 1. The summed E-state index contributed by atoms with van der Waals surface area (Å²) in [5.74, 6) is 0.172. The summed E-state index contributed by atoms with van der Waals surface area (Å²) in [5.41, 5.74) is 2.39. The molecule has 0 heterocycles. The number of benzene rings is 2. The number of aliphatic hydroxyl groups excluding tert-OH is 1. The van der Waals surface area contributed by atoms with Gasteiger partial charge in [0.1, 0.15) is 11.6 Å². The van der Waals surface area contributed by atoms with E-state index in [0.29, 0.717) is 5.56 Å². The first-order valence-electron chi connectivity index (χ1n) is 7.77. The molecule has 24 heavy (non-hydrogen) atoms. The molecule has 0 radical (unpaired) electrons. The topological polar surface area (TPSA) is 58.6 Å². The first-order chi connectivity index (χ1) is 11.4. The highest BCUT2D eigenvalue weighted by molar-refractivity contribution is 5.79. The number of ether oxygens (including phenoxy) is 1. The second-order valence-electron chi connectivity index (χ2n) is 5.83. The lowest BCUT2D eigenvalue weighted by molar-refractivity contribution is -0.121. The van der Waals surface area contributed by atoms with E-state index in [0.717, 1.165) is 16.9 Å². The van der Waals surface area contributed by atoms with Crippen molar-refractivity contribution in [3.8, 4) is 5.75 Å². The van der Waals surface area contributed by atoms with Crippen molar-refractivity contribution < 1.29 is 19.0 Å². The zero-order valence-electron chi connectivity index (χ0n) is 14.0. The standard InChI is InChI=1S/C19H22FNO3/c1-12-4-5-14(10-17(12)24-3)11-18(22)21-13(2)19(23)15-6-8-16(20)9-7-15/h4-10,13,19,23H,11H2,1-3H3,(H,21,22)/t13-,19-/m1/s1. The van der Waals surface area contributed by atoms with E-state index in [-0.39, 0.29) is 18.1 Å². The Balaban J connectivity index is 1.97. The minimum Gasteiger partial charge on any atom is -0.496 e. The Labute approximate surface area is 141 Å². The SMILES string of the molecule is COc1cc(CC(=O)N[C@H](C)[C@@H](O)c2ccc(F)cc2)ccc1C. The molecule has 0 unspecified atom stereocenters. The number of rotatable bonds is 6. The Morgan fingerprint density at radius 3 is 2.54 bits per heavy atom. The molecule has 5 heteroatoms. The zero-order chi connectivity index (χ0) is 17.7. The second kappa shape index (κ2) is 7.93.